The lowest BCUT2D eigenvalue weighted by molar-refractivity contribution is 0.545. The minimum absolute atomic E-state index is 0.373. The van der Waals surface area contributed by atoms with Crippen molar-refractivity contribution in [3.05, 3.63) is 0 Å². The highest BCUT2D eigenvalue weighted by Crippen LogP contribution is 2.13. The van der Waals surface area contributed by atoms with E-state index in [1.807, 2.05) is 0 Å². The molecule has 0 saturated heterocycles. The normalized spacial score (nSPS) is 17.5. The molecule has 1 aliphatic heterocycles. The van der Waals surface area contributed by atoms with E-state index in [-0.39, 0.29) is 0 Å². The van der Waals surface area contributed by atoms with Crippen LogP contribution in [0.2, 0.25) is 0 Å². The Morgan fingerprint density at radius 2 is 2.21 bits per heavy atom. The standard InChI is InChI=1S/C8H17N3O2S/c1-8(2,14(3,12)13)6-11-7-9-4-5-10-7/h4-6H2,1-3H3,(H2,9,10,11). The summed E-state index contributed by atoms with van der Waals surface area (Å²) in [5, 5.41) is 6.01. The van der Waals surface area contributed by atoms with E-state index in [9.17, 15) is 8.42 Å². The lowest BCUT2D eigenvalue weighted by Crippen LogP contribution is -2.46. The molecule has 6 heteroatoms. The maximum atomic E-state index is 11.4. The fourth-order valence-corrected chi connectivity index (χ4v) is 1.28. The summed E-state index contributed by atoms with van der Waals surface area (Å²) in [6, 6.07) is 0. The average molecular weight is 219 g/mol. The molecule has 0 atom stereocenters. The largest absolute Gasteiger partial charge is 0.355 e. The molecular formula is C8H17N3O2S. The third kappa shape index (κ3) is 2.60. The van der Waals surface area contributed by atoms with Crippen molar-refractivity contribution in [3.8, 4) is 0 Å². The SMILES string of the molecule is CC(C)(CNC1=NCCN1)S(C)(=O)=O. The minimum Gasteiger partial charge on any atom is -0.355 e. The lowest BCUT2D eigenvalue weighted by atomic mass is 10.2. The second-order valence-electron chi connectivity index (χ2n) is 4.04. The molecule has 1 rings (SSSR count). The van der Waals surface area contributed by atoms with Crippen molar-refractivity contribution < 1.29 is 8.42 Å². The third-order valence-corrected chi connectivity index (χ3v) is 4.51. The van der Waals surface area contributed by atoms with Gasteiger partial charge in [-0.05, 0) is 13.8 Å². The van der Waals surface area contributed by atoms with E-state index in [1.165, 1.54) is 6.26 Å². The molecule has 0 aliphatic carbocycles. The van der Waals surface area contributed by atoms with E-state index in [0.29, 0.717) is 12.5 Å². The Hall–Kier alpha value is -0.780. The molecule has 0 aromatic carbocycles. The number of aliphatic imine (C=N–C) groups is 1. The molecule has 0 aromatic heterocycles. The van der Waals surface area contributed by atoms with Gasteiger partial charge in [0.25, 0.3) is 0 Å². The predicted octanol–water partition coefficient (Wildman–Crippen LogP) is -0.642. The first-order valence-electron chi connectivity index (χ1n) is 4.55. The number of sulfone groups is 1. The zero-order chi connectivity index (χ0) is 10.8. The second-order valence-corrected chi connectivity index (χ2v) is 6.69. The second kappa shape index (κ2) is 3.76. The molecule has 0 saturated carbocycles. The van der Waals surface area contributed by atoms with E-state index in [2.05, 4.69) is 15.6 Å². The van der Waals surface area contributed by atoms with Crippen LogP contribution < -0.4 is 10.6 Å². The minimum atomic E-state index is -3.04. The maximum absolute atomic E-state index is 11.4. The first-order valence-corrected chi connectivity index (χ1v) is 6.44. The zero-order valence-electron chi connectivity index (χ0n) is 8.79. The van der Waals surface area contributed by atoms with Gasteiger partial charge in [-0.2, -0.15) is 0 Å². The molecule has 2 N–H and O–H groups in total. The van der Waals surface area contributed by atoms with Crippen molar-refractivity contribution in [2.45, 2.75) is 18.6 Å². The molecule has 1 aliphatic rings. The van der Waals surface area contributed by atoms with Gasteiger partial charge in [-0.25, -0.2) is 8.42 Å². The summed E-state index contributed by atoms with van der Waals surface area (Å²) in [5.74, 6) is 0.696. The van der Waals surface area contributed by atoms with Crippen molar-refractivity contribution in [3.63, 3.8) is 0 Å². The molecule has 82 valence electrons. The fraction of sp³-hybridized carbons (Fsp3) is 0.875. The smallest absolute Gasteiger partial charge is 0.191 e. The molecule has 0 unspecified atom stereocenters. The molecule has 14 heavy (non-hydrogen) atoms. The van der Waals surface area contributed by atoms with Crippen molar-refractivity contribution >= 4 is 15.8 Å². The number of rotatable bonds is 3. The Morgan fingerprint density at radius 1 is 1.57 bits per heavy atom. The molecule has 0 radical (unpaired) electrons. The highest BCUT2D eigenvalue weighted by atomic mass is 32.2. The molecular weight excluding hydrogens is 202 g/mol. The molecule has 1 heterocycles. The van der Waals surface area contributed by atoms with Crippen LogP contribution in [0.4, 0.5) is 0 Å². The Labute approximate surface area is 84.9 Å². The number of hydrogen-bond donors (Lipinski definition) is 2. The van der Waals surface area contributed by atoms with Crippen LogP contribution in [0.5, 0.6) is 0 Å². The van der Waals surface area contributed by atoms with E-state index < -0.39 is 14.6 Å². The first-order chi connectivity index (χ1) is 6.33. The van der Waals surface area contributed by atoms with Crippen molar-refractivity contribution in [2.24, 2.45) is 4.99 Å². The topological polar surface area (TPSA) is 70.6 Å². The van der Waals surface area contributed by atoms with Crippen LogP contribution in [0.1, 0.15) is 13.8 Å². The van der Waals surface area contributed by atoms with E-state index >= 15 is 0 Å². The Balaban J connectivity index is 2.52. The summed E-state index contributed by atoms with van der Waals surface area (Å²) in [5.41, 5.74) is 0. The van der Waals surface area contributed by atoms with E-state index in [1.54, 1.807) is 13.8 Å². The lowest BCUT2D eigenvalue weighted by Gasteiger charge is -2.23. The van der Waals surface area contributed by atoms with Crippen molar-refractivity contribution in [2.75, 3.05) is 25.9 Å². The van der Waals surface area contributed by atoms with Gasteiger partial charge in [0.1, 0.15) is 0 Å². The van der Waals surface area contributed by atoms with Crippen LogP contribution in [0.3, 0.4) is 0 Å². The van der Waals surface area contributed by atoms with Gasteiger partial charge in [-0.1, -0.05) is 0 Å². The average Bonchev–Trinajstić information content (AvgIpc) is 2.50. The number of nitrogens with zero attached hydrogens (tertiary/aromatic N) is 1. The summed E-state index contributed by atoms with van der Waals surface area (Å²) in [4.78, 5) is 4.12. The van der Waals surface area contributed by atoms with Crippen LogP contribution in [-0.4, -0.2) is 45.0 Å². The summed E-state index contributed by atoms with van der Waals surface area (Å²) in [7, 11) is -3.04. The van der Waals surface area contributed by atoms with Gasteiger partial charge in [-0.15, -0.1) is 0 Å². The van der Waals surface area contributed by atoms with Crippen LogP contribution >= 0.6 is 0 Å². The number of nitrogens with one attached hydrogen (secondary N) is 2. The van der Waals surface area contributed by atoms with Gasteiger partial charge in [-0.3, -0.25) is 4.99 Å². The summed E-state index contributed by atoms with van der Waals surface area (Å²) < 4.78 is 22.0. The van der Waals surface area contributed by atoms with E-state index in [4.69, 9.17) is 0 Å². The van der Waals surface area contributed by atoms with Crippen LogP contribution in [-0.2, 0) is 9.84 Å². The van der Waals surface area contributed by atoms with Crippen LogP contribution in [0.15, 0.2) is 4.99 Å². The van der Waals surface area contributed by atoms with Gasteiger partial charge in [0, 0.05) is 19.3 Å². The maximum Gasteiger partial charge on any atom is 0.191 e. The quantitative estimate of drug-likeness (QED) is 0.662. The van der Waals surface area contributed by atoms with Gasteiger partial charge in [0.05, 0.1) is 11.3 Å². The van der Waals surface area contributed by atoms with Gasteiger partial charge in [0.15, 0.2) is 15.8 Å². The molecule has 0 amide bonds. The van der Waals surface area contributed by atoms with Crippen molar-refractivity contribution in [1.82, 2.24) is 10.6 Å². The van der Waals surface area contributed by atoms with Crippen LogP contribution in [0, 0.1) is 0 Å². The Morgan fingerprint density at radius 3 is 2.64 bits per heavy atom. The first kappa shape index (κ1) is 11.3. The van der Waals surface area contributed by atoms with Crippen LogP contribution in [0.25, 0.3) is 0 Å². The van der Waals surface area contributed by atoms with Gasteiger partial charge in [0.2, 0.25) is 0 Å². The molecule has 0 bridgehead atoms. The summed E-state index contributed by atoms with van der Waals surface area (Å²) >= 11 is 0. The zero-order valence-corrected chi connectivity index (χ0v) is 9.61. The fourth-order valence-electron chi connectivity index (χ4n) is 0.944. The highest BCUT2D eigenvalue weighted by Gasteiger charge is 2.30. The highest BCUT2D eigenvalue weighted by molar-refractivity contribution is 7.92. The summed E-state index contributed by atoms with van der Waals surface area (Å²) in [6.07, 6.45) is 1.25. The van der Waals surface area contributed by atoms with Gasteiger partial charge >= 0.3 is 0 Å². The predicted molar refractivity (Wildman–Crippen MR) is 57.2 cm³/mol. The Bertz CT molecular complexity index is 332. The summed E-state index contributed by atoms with van der Waals surface area (Å²) in [6.45, 7) is 5.34. The molecule has 0 aromatic rings. The molecule has 0 fully saturated rings. The van der Waals surface area contributed by atoms with Gasteiger partial charge < -0.3 is 10.6 Å². The van der Waals surface area contributed by atoms with E-state index in [0.717, 1.165) is 13.1 Å². The van der Waals surface area contributed by atoms with Crippen molar-refractivity contribution in [1.29, 1.82) is 0 Å². The number of hydrogen-bond acceptors (Lipinski definition) is 5. The number of guanidine groups is 1. The molecule has 0 spiro atoms. The monoisotopic (exact) mass is 219 g/mol. The third-order valence-electron chi connectivity index (χ3n) is 2.36. The Kier molecular flexibility index (Phi) is 3.04. The molecule has 5 nitrogen and oxygen atoms in total.